The van der Waals surface area contributed by atoms with Crippen molar-refractivity contribution >= 4 is 16.6 Å². The van der Waals surface area contributed by atoms with Crippen LogP contribution in [0.5, 0.6) is 0 Å². The Labute approximate surface area is 183 Å². The van der Waals surface area contributed by atoms with Crippen molar-refractivity contribution in [2.75, 3.05) is 5.73 Å². The predicted molar refractivity (Wildman–Crippen MR) is 122 cm³/mol. The van der Waals surface area contributed by atoms with E-state index in [1.54, 1.807) is 12.1 Å². The van der Waals surface area contributed by atoms with Crippen LogP contribution in [-0.4, -0.2) is 15.0 Å². The van der Waals surface area contributed by atoms with Crippen LogP contribution < -0.4 is 5.73 Å². The molecule has 0 spiro atoms. The first-order chi connectivity index (χ1) is 15.6. The molecule has 0 atom stereocenters. The minimum Gasteiger partial charge on any atom is -0.398 e. The number of nitrogen functional groups attached to an aromatic ring is 1. The zero-order valence-corrected chi connectivity index (χ0v) is 17.0. The van der Waals surface area contributed by atoms with E-state index in [-0.39, 0.29) is 0 Å². The lowest BCUT2D eigenvalue weighted by atomic mass is 9.91. The maximum Gasteiger partial charge on any atom is 0.141 e. The van der Waals surface area contributed by atoms with E-state index in [0.29, 0.717) is 29.2 Å². The summed E-state index contributed by atoms with van der Waals surface area (Å²) >= 11 is 0. The third kappa shape index (κ3) is 3.67. The van der Waals surface area contributed by atoms with E-state index in [1.807, 2.05) is 48.5 Å². The summed E-state index contributed by atoms with van der Waals surface area (Å²) in [5, 5.41) is 0.915. The summed E-state index contributed by atoms with van der Waals surface area (Å²) in [6.45, 7) is 0. The van der Waals surface area contributed by atoms with Gasteiger partial charge in [0.1, 0.15) is 11.6 Å². The minimum absolute atomic E-state index is 0.397. The number of hydrogen-bond acceptors (Lipinski definition) is 4. The molecule has 0 saturated carbocycles. The lowest BCUT2D eigenvalue weighted by Gasteiger charge is -2.18. The summed E-state index contributed by atoms with van der Waals surface area (Å²) in [5.41, 5.74) is 12.0. The normalized spacial score (nSPS) is 11.1. The number of anilines is 1. The van der Waals surface area contributed by atoms with Crippen LogP contribution in [0, 0.1) is 11.6 Å². The molecule has 0 aliphatic rings. The fraction of sp³-hybridized carbons (Fsp3) is 0.0385. The third-order valence-electron chi connectivity index (χ3n) is 5.35. The molecule has 0 aliphatic carbocycles. The second kappa shape index (κ2) is 8.15. The fourth-order valence-electron chi connectivity index (χ4n) is 3.86. The summed E-state index contributed by atoms with van der Waals surface area (Å²) in [7, 11) is 0. The predicted octanol–water partition coefficient (Wildman–Crippen LogP) is 5.81. The maximum atomic E-state index is 13.7. The summed E-state index contributed by atoms with van der Waals surface area (Å²) in [6, 6.07) is 21.3. The van der Waals surface area contributed by atoms with Gasteiger partial charge >= 0.3 is 0 Å². The van der Waals surface area contributed by atoms with Crippen molar-refractivity contribution in [3.8, 4) is 22.5 Å². The largest absolute Gasteiger partial charge is 0.398 e. The molecule has 0 saturated heterocycles. The summed E-state index contributed by atoms with van der Waals surface area (Å²) in [6.07, 6.45) is 2.80. The standard InChI is InChI=1S/C26H18F2N4/c27-16-9-11-18(30-14-16)13-21-19-5-2-4-8-23(19)32-26(20-6-1-3-7-22(20)29)25(21)24-12-10-17(28)15-31-24/h1-12,14-15H,13,29H2. The van der Waals surface area contributed by atoms with Gasteiger partial charge in [0.25, 0.3) is 0 Å². The van der Waals surface area contributed by atoms with Gasteiger partial charge in [0.2, 0.25) is 0 Å². The van der Waals surface area contributed by atoms with Crippen LogP contribution in [0.4, 0.5) is 14.5 Å². The number of rotatable bonds is 4. The second-order valence-corrected chi connectivity index (χ2v) is 7.42. The Bertz CT molecular complexity index is 1410. The van der Waals surface area contributed by atoms with Crippen molar-refractivity contribution < 1.29 is 8.78 Å². The van der Waals surface area contributed by atoms with E-state index in [9.17, 15) is 8.78 Å². The van der Waals surface area contributed by atoms with Gasteiger partial charge in [-0.1, -0.05) is 36.4 Å². The number of benzene rings is 2. The number of hydrogen-bond donors (Lipinski definition) is 1. The topological polar surface area (TPSA) is 64.7 Å². The first-order valence-electron chi connectivity index (χ1n) is 10.1. The summed E-state index contributed by atoms with van der Waals surface area (Å²) < 4.78 is 27.1. The number of fused-ring (bicyclic) bond motifs is 1. The molecule has 2 aromatic carbocycles. The fourth-order valence-corrected chi connectivity index (χ4v) is 3.86. The third-order valence-corrected chi connectivity index (χ3v) is 5.35. The highest BCUT2D eigenvalue weighted by molar-refractivity contribution is 5.97. The smallest absolute Gasteiger partial charge is 0.141 e. The number of pyridine rings is 3. The molecule has 6 heteroatoms. The summed E-state index contributed by atoms with van der Waals surface area (Å²) in [4.78, 5) is 13.5. The van der Waals surface area contributed by atoms with Crippen LogP contribution in [0.15, 0.2) is 85.2 Å². The number of aromatic nitrogens is 3. The van der Waals surface area contributed by atoms with Gasteiger partial charge in [0.05, 0.1) is 29.3 Å². The summed E-state index contributed by atoms with van der Waals surface area (Å²) in [5.74, 6) is -0.823. The second-order valence-electron chi connectivity index (χ2n) is 7.42. The maximum absolute atomic E-state index is 13.7. The van der Waals surface area contributed by atoms with Crippen LogP contribution >= 0.6 is 0 Å². The highest BCUT2D eigenvalue weighted by atomic mass is 19.1. The van der Waals surface area contributed by atoms with Crippen LogP contribution in [-0.2, 0) is 6.42 Å². The van der Waals surface area contributed by atoms with E-state index < -0.39 is 11.6 Å². The van der Waals surface area contributed by atoms with Crippen LogP contribution in [0.3, 0.4) is 0 Å². The SMILES string of the molecule is Nc1ccccc1-c1nc2ccccc2c(Cc2ccc(F)cn2)c1-c1ccc(F)cn1. The lowest BCUT2D eigenvalue weighted by Crippen LogP contribution is -2.03. The highest BCUT2D eigenvalue weighted by Crippen LogP contribution is 2.39. The monoisotopic (exact) mass is 424 g/mol. The van der Waals surface area contributed by atoms with Crippen LogP contribution in [0.25, 0.3) is 33.4 Å². The molecule has 2 N–H and O–H groups in total. The molecular weight excluding hydrogens is 406 g/mol. The van der Waals surface area contributed by atoms with Crippen molar-refractivity contribution in [2.45, 2.75) is 6.42 Å². The van der Waals surface area contributed by atoms with Gasteiger partial charge in [-0.25, -0.2) is 13.8 Å². The van der Waals surface area contributed by atoms with Crippen LogP contribution in [0.2, 0.25) is 0 Å². The first-order valence-corrected chi connectivity index (χ1v) is 10.1. The van der Waals surface area contributed by atoms with Crippen molar-refractivity contribution in [3.05, 3.63) is 108 Å². The van der Waals surface area contributed by atoms with Gasteiger partial charge < -0.3 is 5.73 Å². The highest BCUT2D eigenvalue weighted by Gasteiger charge is 2.21. The van der Waals surface area contributed by atoms with Gasteiger partial charge in [-0.15, -0.1) is 0 Å². The van der Waals surface area contributed by atoms with Gasteiger partial charge in [-0.05, 0) is 42.0 Å². The number of para-hydroxylation sites is 2. The Morgan fingerprint density at radius 1 is 0.750 bits per heavy atom. The molecule has 3 heterocycles. The van der Waals surface area contributed by atoms with Crippen LogP contribution in [0.1, 0.15) is 11.3 Å². The molecule has 0 aliphatic heterocycles. The van der Waals surface area contributed by atoms with E-state index in [1.165, 1.54) is 24.5 Å². The van der Waals surface area contributed by atoms with Gasteiger partial charge in [-0.3, -0.25) is 9.97 Å². The molecule has 0 radical (unpaired) electrons. The van der Waals surface area contributed by atoms with Crippen molar-refractivity contribution in [2.24, 2.45) is 0 Å². The zero-order chi connectivity index (χ0) is 22.1. The Balaban J connectivity index is 1.86. The molecule has 5 aromatic rings. The Kier molecular flexibility index (Phi) is 5.03. The first kappa shape index (κ1) is 19.8. The van der Waals surface area contributed by atoms with Gasteiger partial charge in [-0.2, -0.15) is 0 Å². The van der Waals surface area contributed by atoms with Gasteiger partial charge in [0.15, 0.2) is 0 Å². The molecule has 0 fully saturated rings. The Hall–Kier alpha value is -4.19. The molecule has 3 aromatic heterocycles. The average molecular weight is 424 g/mol. The number of nitrogens with zero attached hydrogens (tertiary/aromatic N) is 3. The minimum atomic E-state index is -0.426. The molecule has 0 bridgehead atoms. The molecular formula is C26H18F2N4. The molecule has 4 nitrogen and oxygen atoms in total. The van der Waals surface area contributed by atoms with E-state index >= 15 is 0 Å². The van der Waals surface area contributed by atoms with Crippen molar-refractivity contribution in [1.82, 2.24) is 15.0 Å². The van der Waals surface area contributed by atoms with E-state index in [4.69, 9.17) is 10.7 Å². The van der Waals surface area contributed by atoms with E-state index in [2.05, 4.69) is 9.97 Å². The van der Waals surface area contributed by atoms with Crippen molar-refractivity contribution in [3.63, 3.8) is 0 Å². The van der Waals surface area contributed by atoms with E-state index in [0.717, 1.165) is 27.6 Å². The quantitative estimate of drug-likeness (QED) is 0.370. The average Bonchev–Trinajstić information content (AvgIpc) is 2.81. The molecule has 5 rings (SSSR count). The number of nitrogens with two attached hydrogens (primary N) is 1. The van der Waals surface area contributed by atoms with Gasteiger partial charge in [0, 0.05) is 34.3 Å². The molecule has 0 amide bonds. The molecule has 32 heavy (non-hydrogen) atoms. The molecule has 0 unspecified atom stereocenters. The Morgan fingerprint density at radius 3 is 2.19 bits per heavy atom. The number of halogens is 2. The Morgan fingerprint density at radius 2 is 1.47 bits per heavy atom. The molecule has 156 valence electrons. The van der Waals surface area contributed by atoms with Crippen molar-refractivity contribution in [1.29, 1.82) is 0 Å². The zero-order valence-electron chi connectivity index (χ0n) is 17.0. The lowest BCUT2D eigenvalue weighted by molar-refractivity contribution is 0.619.